The summed E-state index contributed by atoms with van der Waals surface area (Å²) in [6.07, 6.45) is 4.95. The molecule has 0 spiro atoms. The Kier molecular flexibility index (Phi) is 13.6. The van der Waals surface area contributed by atoms with E-state index in [0.717, 1.165) is 25.7 Å². The first-order valence-electron chi connectivity index (χ1n) is 21.5. The minimum atomic E-state index is -0.521. The van der Waals surface area contributed by atoms with E-state index in [1.165, 1.54) is 13.8 Å². The zero-order valence-electron chi connectivity index (χ0n) is 39.4. The van der Waals surface area contributed by atoms with E-state index >= 15 is 0 Å². The van der Waals surface area contributed by atoms with E-state index in [-0.39, 0.29) is 86.3 Å². The molecule has 1 aromatic rings. The van der Waals surface area contributed by atoms with Crippen LogP contribution in [0.1, 0.15) is 165 Å². The third-order valence-corrected chi connectivity index (χ3v) is 13.3. The second-order valence-corrected chi connectivity index (χ2v) is 22.4. The lowest BCUT2D eigenvalue weighted by molar-refractivity contribution is -0.164. The van der Waals surface area contributed by atoms with Crippen molar-refractivity contribution in [1.82, 2.24) is 9.88 Å². The number of esters is 2. The van der Waals surface area contributed by atoms with Gasteiger partial charge in [0.1, 0.15) is 35.0 Å². The molecule has 0 radical (unpaired) electrons. The van der Waals surface area contributed by atoms with Crippen LogP contribution < -0.4 is 10.6 Å². The minimum Gasteiger partial charge on any atom is -0.458 e. The molecule has 0 saturated heterocycles. The average Bonchev–Trinajstić information content (AvgIpc) is 3.46. The summed E-state index contributed by atoms with van der Waals surface area (Å²) in [5.41, 5.74) is 2.26. The Balaban J connectivity index is 1.83. The molecule has 2 aliphatic carbocycles. The molecule has 0 aromatic carbocycles. The van der Waals surface area contributed by atoms with Crippen LogP contribution in [0.2, 0.25) is 0 Å². The topological polar surface area (TPSA) is 128 Å². The second-order valence-electron chi connectivity index (χ2n) is 22.4. The number of aliphatic imine (C=N–C) groups is 1. The molecule has 4 rings (SSSR count). The maximum atomic E-state index is 14.6. The lowest BCUT2D eigenvalue weighted by Gasteiger charge is -2.50. The molecule has 1 aliphatic heterocycles. The summed E-state index contributed by atoms with van der Waals surface area (Å²) in [6, 6.07) is 0. The molecular formula is C48H76N4O6. The van der Waals surface area contributed by atoms with Gasteiger partial charge in [0.15, 0.2) is 0 Å². The number of anilines is 1. The molecule has 58 heavy (non-hydrogen) atoms. The molecule has 3 aliphatic rings. The number of aromatic nitrogens is 1. The van der Waals surface area contributed by atoms with Crippen LogP contribution in [0.15, 0.2) is 21.8 Å². The van der Waals surface area contributed by atoms with Gasteiger partial charge in [-0.2, -0.15) is 0 Å². The van der Waals surface area contributed by atoms with Crippen molar-refractivity contribution in [2.45, 2.75) is 163 Å². The number of nitrogens with one attached hydrogen (secondary N) is 2. The molecule has 4 unspecified atom stereocenters. The van der Waals surface area contributed by atoms with Crippen molar-refractivity contribution < 1.29 is 28.7 Å². The van der Waals surface area contributed by atoms with Crippen molar-refractivity contribution >= 4 is 41.5 Å². The molecule has 4 atom stereocenters. The summed E-state index contributed by atoms with van der Waals surface area (Å²) in [7, 11) is 1.78. The highest BCUT2D eigenvalue weighted by atomic mass is 16.5. The number of hydrogen-bond donors (Lipinski definition) is 2. The molecule has 10 nitrogen and oxygen atoms in total. The van der Waals surface area contributed by atoms with Crippen molar-refractivity contribution in [3.8, 4) is 0 Å². The van der Waals surface area contributed by atoms with Gasteiger partial charge in [-0.3, -0.25) is 9.59 Å². The fraction of sp³-hybridized carbons (Fsp3) is 0.729. The van der Waals surface area contributed by atoms with Crippen LogP contribution >= 0.6 is 0 Å². The van der Waals surface area contributed by atoms with E-state index in [1.54, 1.807) is 24.6 Å². The highest BCUT2D eigenvalue weighted by Crippen LogP contribution is 2.52. The molecule has 2 fully saturated rings. The van der Waals surface area contributed by atoms with Gasteiger partial charge in [-0.1, -0.05) is 96.9 Å². The number of ether oxygens (including phenoxy) is 2. The van der Waals surface area contributed by atoms with E-state index in [2.05, 4.69) is 108 Å². The van der Waals surface area contributed by atoms with Crippen LogP contribution in [0, 0.1) is 64.1 Å². The van der Waals surface area contributed by atoms with Crippen molar-refractivity contribution in [3.63, 3.8) is 0 Å². The molecule has 324 valence electrons. The summed E-state index contributed by atoms with van der Waals surface area (Å²) < 4.78 is 15.0. The zero-order chi connectivity index (χ0) is 44.2. The van der Waals surface area contributed by atoms with Crippen LogP contribution in [0.4, 0.5) is 5.82 Å². The number of hydrogen-bond acceptors (Lipinski definition) is 7. The highest BCUT2D eigenvalue weighted by Gasteiger charge is 2.50. The summed E-state index contributed by atoms with van der Waals surface area (Å²) >= 11 is 0. The Morgan fingerprint density at radius 1 is 0.655 bits per heavy atom. The highest BCUT2D eigenvalue weighted by molar-refractivity contribution is 6.25. The monoisotopic (exact) mass is 805 g/mol. The van der Waals surface area contributed by atoms with Crippen molar-refractivity contribution in [2.24, 2.45) is 69.2 Å². The minimum absolute atomic E-state index is 0.101. The van der Waals surface area contributed by atoms with Crippen LogP contribution in [0.3, 0.4) is 0 Å². The summed E-state index contributed by atoms with van der Waals surface area (Å²) in [5, 5.41) is 5.70. The van der Waals surface area contributed by atoms with Crippen LogP contribution in [0.5, 0.6) is 0 Å². The van der Waals surface area contributed by atoms with Crippen molar-refractivity contribution in [2.75, 3.05) is 5.32 Å². The normalized spacial score (nSPS) is 28.0. The third-order valence-electron chi connectivity index (χ3n) is 13.3. The standard InChI is InChI=1S/C48H76N4O6/c1-25-20-31(45(7,8)9)39(32(21-25)46(10,11)12)57-43(55)37-27(3)35(51-41(37)49-29(5)53)24-36-28(4)38(42(52(36)19)50-30(6)54)44(56)58-40-33(47(13,14)15)22-26(2)23-34(40)48(16,17)18/h24-26,31-34,39-40H,20-23H2,1-19H3,(H,50,54)(H,49,51,53)/b35-24-. The molecule has 10 heteroatoms. The zero-order valence-corrected chi connectivity index (χ0v) is 39.4. The van der Waals surface area contributed by atoms with Gasteiger partial charge in [0, 0.05) is 50.3 Å². The summed E-state index contributed by atoms with van der Waals surface area (Å²) in [6.45, 7) is 37.6. The molecule has 2 amide bonds. The van der Waals surface area contributed by atoms with Crippen LogP contribution in [-0.2, 0) is 30.9 Å². The van der Waals surface area contributed by atoms with E-state index in [0.29, 0.717) is 40.2 Å². The smallest absolute Gasteiger partial charge is 0.342 e. The quantitative estimate of drug-likeness (QED) is 0.276. The van der Waals surface area contributed by atoms with Crippen LogP contribution in [-0.4, -0.2) is 46.4 Å². The Morgan fingerprint density at radius 3 is 1.40 bits per heavy atom. The SMILES string of the molecule is CC(=O)NC1=N/C(=C\c2c(C)c(C(=O)OC3C(C(C)(C)C)CC(C)CC3C(C)(C)C)c(NC(C)=O)n2C)C(C)=C1C(=O)OC1C(C(C)(C)C)CC(C)CC1C(C)(C)C. The fourth-order valence-corrected chi connectivity index (χ4v) is 10.1. The fourth-order valence-electron chi connectivity index (χ4n) is 10.1. The number of rotatable bonds is 6. The van der Waals surface area contributed by atoms with Gasteiger partial charge in [-0.25, -0.2) is 14.6 Å². The molecule has 0 bridgehead atoms. The Bertz CT molecular complexity index is 1820. The van der Waals surface area contributed by atoms with Crippen molar-refractivity contribution in [1.29, 1.82) is 0 Å². The average molecular weight is 805 g/mol. The van der Waals surface area contributed by atoms with E-state index in [1.807, 2.05) is 6.92 Å². The van der Waals surface area contributed by atoms with Gasteiger partial charge >= 0.3 is 11.9 Å². The Morgan fingerprint density at radius 2 is 1.03 bits per heavy atom. The first kappa shape index (κ1) is 47.0. The predicted molar refractivity (Wildman–Crippen MR) is 234 cm³/mol. The largest absolute Gasteiger partial charge is 0.458 e. The lowest BCUT2D eigenvalue weighted by atomic mass is 9.59. The number of nitrogens with zero attached hydrogens (tertiary/aromatic N) is 2. The summed E-state index contributed by atoms with van der Waals surface area (Å²) in [5.74, 6) is 0.285. The number of carbonyl (C=O) groups is 4. The molecule has 2 heterocycles. The number of allylic oxidation sites excluding steroid dienone is 1. The Hall–Kier alpha value is -3.69. The maximum Gasteiger partial charge on any atom is 0.342 e. The maximum absolute atomic E-state index is 14.6. The summed E-state index contributed by atoms with van der Waals surface area (Å²) in [4.78, 5) is 59.1. The van der Waals surface area contributed by atoms with Gasteiger partial charge in [0.25, 0.3) is 0 Å². The van der Waals surface area contributed by atoms with E-state index in [9.17, 15) is 19.2 Å². The number of amidine groups is 1. The number of carbonyl (C=O) groups excluding carboxylic acids is 4. The van der Waals surface area contributed by atoms with Gasteiger partial charge in [0.05, 0.1) is 5.70 Å². The predicted octanol–water partition coefficient (Wildman–Crippen LogP) is 10.4. The molecule has 2 saturated carbocycles. The van der Waals surface area contributed by atoms with Crippen molar-refractivity contribution in [3.05, 3.63) is 33.7 Å². The first-order chi connectivity index (χ1) is 26.3. The lowest BCUT2D eigenvalue weighted by Crippen LogP contribution is -2.50. The third kappa shape index (κ3) is 10.2. The van der Waals surface area contributed by atoms with Gasteiger partial charge in [-0.05, 0) is 90.2 Å². The van der Waals surface area contributed by atoms with Gasteiger partial charge in [-0.15, -0.1) is 0 Å². The second kappa shape index (κ2) is 16.8. The molecule has 1 aromatic heterocycles. The first-order valence-corrected chi connectivity index (χ1v) is 21.5. The van der Waals surface area contributed by atoms with Gasteiger partial charge < -0.3 is 24.7 Å². The van der Waals surface area contributed by atoms with Crippen LogP contribution in [0.25, 0.3) is 6.08 Å². The van der Waals surface area contributed by atoms with E-state index in [4.69, 9.17) is 14.5 Å². The van der Waals surface area contributed by atoms with Gasteiger partial charge in [0.2, 0.25) is 11.8 Å². The molecule has 2 N–H and O–H groups in total. The van der Waals surface area contributed by atoms with E-state index < -0.39 is 11.9 Å². The molecular weight excluding hydrogens is 729 g/mol. The Labute approximate surface area is 349 Å². The number of amides is 2.